The Morgan fingerprint density at radius 3 is 2.74 bits per heavy atom. The van der Waals surface area contributed by atoms with Crippen molar-refractivity contribution in [3.8, 4) is 0 Å². The number of hydrogen-bond donors (Lipinski definition) is 2. The lowest BCUT2D eigenvalue weighted by molar-refractivity contribution is 0.0600. The van der Waals surface area contributed by atoms with E-state index in [2.05, 4.69) is 41.9 Å². The summed E-state index contributed by atoms with van der Waals surface area (Å²) in [4.78, 5) is 26.5. The highest BCUT2D eigenvalue weighted by molar-refractivity contribution is 6.01. The molecule has 6 rings (SSSR count). The molecule has 2 aliphatic heterocycles. The Labute approximate surface area is 205 Å². The highest BCUT2D eigenvalue weighted by Crippen LogP contribution is 2.34. The van der Waals surface area contributed by atoms with Gasteiger partial charge in [-0.25, -0.2) is 9.50 Å². The first-order valence-corrected chi connectivity index (χ1v) is 12.7. The summed E-state index contributed by atoms with van der Waals surface area (Å²) < 4.78 is 1.86. The molecule has 2 atom stereocenters. The maximum atomic E-state index is 13.8. The van der Waals surface area contributed by atoms with E-state index in [1.54, 1.807) is 0 Å². The number of nitrogens with two attached hydrogens (primary N) is 1. The minimum absolute atomic E-state index is 0.0516. The SMILES string of the molecule is Cc1cn2nc([C@@H]3CCCCN3C(=O)c3[nH]c4c(C)cccc4c3C)cc2nc1N1CC[C@H](N)C1. The summed E-state index contributed by atoms with van der Waals surface area (Å²) in [6.45, 7) is 8.68. The lowest BCUT2D eigenvalue weighted by Crippen LogP contribution is -2.39. The van der Waals surface area contributed by atoms with E-state index in [0.29, 0.717) is 5.69 Å². The van der Waals surface area contributed by atoms with Gasteiger partial charge in [-0.2, -0.15) is 5.10 Å². The summed E-state index contributed by atoms with van der Waals surface area (Å²) in [5, 5.41) is 6.01. The third-order valence-corrected chi connectivity index (χ3v) is 7.77. The van der Waals surface area contributed by atoms with Crippen LogP contribution in [0, 0.1) is 20.8 Å². The lowest BCUT2D eigenvalue weighted by atomic mass is 9.98. The second-order valence-corrected chi connectivity index (χ2v) is 10.2. The molecule has 0 saturated carbocycles. The van der Waals surface area contributed by atoms with Gasteiger partial charge in [-0.3, -0.25) is 4.79 Å². The largest absolute Gasteiger partial charge is 0.355 e. The summed E-state index contributed by atoms with van der Waals surface area (Å²) in [5.41, 5.74) is 12.8. The molecule has 2 aliphatic rings. The van der Waals surface area contributed by atoms with Gasteiger partial charge in [0.2, 0.25) is 0 Å². The second-order valence-electron chi connectivity index (χ2n) is 10.2. The molecule has 0 bridgehead atoms. The van der Waals surface area contributed by atoms with Crippen molar-refractivity contribution in [2.45, 2.75) is 58.5 Å². The molecule has 2 saturated heterocycles. The topological polar surface area (TPSA) is 95.5 Å². The van der Waals surface area contributed by atoms with Gasteiger partial charge in [-0.1, -0.05) is 18.2 Å². The average molecular weight is 472 g/mol. The molecule has 35 heavy (non-hydrogen) atoms. The van der Waals surface area contributed by atoms with Crippen molar-refractivity contribution in [1.29, 1.82) is 0 Å². The van der Waals surface area contributed by atoms with Crippen molar-refractivity contribution in [1.82, 2.24) is 24.5 Å². The molecule has 2 fully saturated rings. The minimum Gasteiger partial charge on any atom is -0.355 e. The number of rotatable bonds is 3. The predicted molar refractivity (Wildman–Crippen MR) is 138 cm³/mol. The number of nitrogens with zero attached hydrogens (tertiary/aromatic N) is 5. The van der Waals surface area contributed by atoms with E-state index >= 15 is 0 Å². The molecule has 0 spiro atoms. The Morgan fingerprint density at radius 1 is 1.11 bits per heavy atom. The van der Waals surface area contributed by atoms with Gasteiger partial charge < -0.3 is 20.5 Å². The number of piperidine rings is 1. The zero-order valence-corrected chi connectivity index (χ0v) is 20.7. The smallest absolute Gasteiger partial charge is 0.271 e. The standard InChI is InChI=1S/C27H33N7O/c1-16-7-6-8-20-18(3)25(30-24(16)20)27(35)33-11-5-4-9-22(33)21-13-23-29-26(17(2)14-34(23)31-21)32-12-10-19(28)15-32/h6-8,13-14,19,22,30H,4-5,9-12,15,28H2,1-3H3/t19-,22-/m0/s1. The van der Waals surface area contributed by atoms with Crippen LogP contribution in [-0.2, 0) is 0 Å². The van der Waals surface area contributed by atoms with Gasteiger partial charge in [-0.15, -0.1) is 0 Å². The molecule has 4 aromatic rings. The van der Waals surface area contributed by atoms with Gasteiger partial charge in [0.15, 0.2) is 5.65 Å². The fourth-order valence-electron chi connectivity index (χ4n) is 5.82. The van der Waals surface area contributed by atoms with Crippen LogP contribution in [-0.4, -0.2) is 56.1 Å². The molecule has 0 aliphatic carbocycles. The molecule has 0 radical (unpaired) electrons. The first kappa shape index (κ1) is 22.1. The fraction of sp³-hybridized carbons (Fsp3) is 0.444. The number of nitrogens with one attached hydrogen (secondary N) is 1. The van der Waals surface area contributed by atoms with Crippen LogP contribution >= 0.6 is 0 Å². The number of carbonyl (C=O) groups is 1. The predicted octanol–water partition coefficient (Wildman–Crippen LogP) is 4.04. The zero-order chi connectivity index (χ0) is 24.3. The number of aromatic amines is 1. The molecule has 182 valence electrons. The number of carbonyl (C=O) groups excluding carboxylic acids is 1. The number of hydrogen-bond acceptors (Lipinski definition) is 5. The van der Waals surface area contributed by atoms with Crippen molar-refractivity contribution in [3.05, 3.63) is 58.5 Å². The van der Waals surface area contributed by atoms with E-state index in [0.717, 1.165) is 90.1 Å². The molecular weight excluding hydrogens is 438 g/mol. The van der Waals surface area contributed by atoms with E-state index in [1.165, 1.54) is 0 Å². The number of anilines is 1. The third kappa shape index (κ3) is 3.67. The van der Waals surface area contributed by atoms with Crippen molar-refractivity contribution in [2.24, 2.45) is 5.73 Å². The summed E-state index contributed by atoms with van der Waals surface area (Å²) in [7, 11) is 0. The van der Waals surface area contributed by atoms with Crippen LogP contribution in [0.5, 0.6) is 0 Å². The minimum atomic E-state index is -0.0613. The average Bonchev–Trinajstić information content (AvgIpc) is 3.56. The van der Waals surface area contributed by atoms with Gasteiger partial charge in [0.25, 0.3) is 5.91 Å². The summed E-state index contributed by atoms with van der Waals surface area (Å²) in [6, 6.07) is 8.40. The first-order valence-electron chi connectivity index (χ1n) is 12.7. The normalized spacial score (nSPS) is 20.9. The molecular formula is C27H33N7O. The number of fused-ring (bicyclic) bond motifs is 2. The van der Waals surface area contributed by atoms with E-state index in [1.807, 2.05) is 28.6 Å². The molecule has 8 heteroatoms. The van der Waals surface area contributed by atoms with Crippen LogP contribution in [0.25, 0.3) is 16.6 Å². The summed E-state index contributed by atoms with van der Waals surface area (Å²) in [6.07, 6.45) is 6.02. The number of H-pyrrole nitrogens is 1. The van der Waals surface area contributed by atoms with Gasteiger partial charge >= 0.3 is 0 Å². The molecule has 1 amide bonds. The summed E-state index contributed by atoms with van der Waals surface area (Å²) >= 11 is 0. The van der Waals surface area contributed by atoms with E-state index in [-0.39, 0.29) is 18.0 Å². The maximum absolute atomic E-state index is 13.8. The van der Waals surface area contributed by atoms with Gasteiger partial charge in [0, 0.05) is 54.4 Å². The molecule has 8 nitrogen and oxygen atoms in total. The van der Waals surface area contributed by atoms with Crippen LogP contribution in [0.2, 0.25) is 0 Å². The maximum Gasteiger partial charge on any atom is 0.271 e. The highest BCUT2D eigenvalue weighted by Gasteiger charge is 2.33. The van der Waals surface area contributed by atoms with Crippen molar-refractivity contribution in [2.75, 3.05) is 24.5 Å². The van der Waals surface area contributed by atoms with Crippen molar-refractivity contribution < 1.29 is 4.79 Å². The first-order chi connectivity index (χ1) is 16.9. The number of amides is 1. The molecule has 5 heterocycles. The molecule has 3 N–H and O–H groups in total. The van der Waals surface area contributed by atoms with Crippen LogP contribution in [0.1, 0.15) is 64.6 Å². The van der Waals surface area contributed by atoms with E-state index in [9.17, 15) is 4.79 Å². The Balaban J connectivity index is 1.35. The number of likely N-dealkylation sites (tertiary alicyclic amines) is 1. The van der Waals surface area contributed by atoms with E-state index < -0.39 is 0 Å². The van der Waals surface area contributed by atoms with Gasteiger partial charge in [0.1, 0.15) is 11.5 Å². The zero-order valence-electron chi connectivity index (χ0n) is 20.7. The quantitative estimate of drug-likeness (QED) is 0.470. The molecule has 1 aromatic carbocycles. The Bertz CT molecular complexity index is 1430. The molecule has 3 aromatic heterocycles. The van der Waals surface area contributed by atoms with Gasteiger partial charge in [0.05, 0.1) is 11.7 Å². The molecule has 0 unspecified atom stereocenters. The highest BCUT2D eigenvalue weighted by atomic mass is 16.2. The number of aromatic nitrogens is 4. The monoisotopic (exact) mass is 471 g/mol. The summed E-state index contributed by atoms with van der Waals surface area (Å²) in [5.74, 6) is 1.04. The Hall–Kier alpha value is -3.39. The number of benzene rings is 1. The van der Waals surface area contributed by atoms with Crippen LogP contribution < -0.4 is 10.6 Å². The number of aryl methyl sites for hydroxylation is 3. The Morgan fingerprint density at radius 2 is 1.97 bits per heavy atom. The number of para-hydroxylation sites is 1. The van der Waals surface area contributed by atoms with Crippen molar-refractivity contribution >= 4 is 28.3 Å². The van der Waals surface area contributed by atoms with Crippen LogP contribution in [0.4, 0.5) is 5.82 Å². The van der Waals surface area contributed by atoms with Crippen LogP contribution in [0.3, 0.4) is 0 Å². The van der Waals surface area contributed by atoms with Crippen molar-refractivity contribution in [3.63, 3.8) is 0 Å². The van der Waals surface area contributed by atoms with Crippen LogP contribution in [0.15, 0.2) is 30.5 Å². The van der Waals surface area contributed by atoms with Gasteiger partial charge in [-0.05, 0) is 57.6 Å². The lowest BCUT2D eigenvalue weighted by Gasteiger charge is -2.34. The fourth-order valence-corrected chi connectivity index (χ4v) is 5.82. The van der Waals surface area contributed by atoms with E-state index in [4.69, 9.17) is 15.8 Å². The Kier molecular flexibility index (Phi) is 5.29. The second kappa shape index (κ2) is 8.37. The third-order valence-electron chi connectivity index (χ3n) is 7.77.